The molecule has 7 nitrogen and oxygen atoms in total. The number of carbonyl (C=O) groups excluding carboxylic acids is 1. The molecule has 3 rings (SSSR count). The standard InChI is InChI=1S/C30H39NO6Si/c1-20(2)38(21(3)4,22(5)6)37-26-14-12-23(13-15-26)16-25(17-28(32)33)29-31-27(19-35-29)30(34)36-18-24-10-8-7-9-11-24/h7-15,19-22,25H,16-18H2,1-6H3,(H,32,33). The van der Waals surface area contributed by atoms with Gasteiger partial charge in [-0.15, -0.1) is 0 Å². The molecule has 1 N–H and O–H groups in total. The fraction of sp³-hybridized carbons (Fsp3) is 0.433. The Kier molecular flexibility index (Phi) is 9.91. The van der Waals surface area contributed by atoms with Crippen LogP contribution in [0.5, 0.6) is 5.75 Å². The van der Waals surface area contributed by atoms with Crippen LogP contribution in [0.25, 0.3) is 0 Å². The maximum Gasteiger partial charge on any atom is 0.360 e. The van der Waals surface area contributed by atoms with Crippen LogP contribution in [0.1, 0.15) is 81.4 Å². The predicted octanol–water partition coefficient (Wildman–Crippen LogP) is 7.39. The number of aromatic nitrogens is 1. The molecule has 0 aliphatic carbocycles. The lowest BCUT2D eigenvalue weighted by atomic mass is 9.96. The molecular formula is C30H39NO6Si. The zero-order valence-electron chi connectivity index (χ0n) is 23.1. The van der Waals surface area contributed by atoms with Gasteiger partial charge in [-0.3, -0.25) is 4.79 Å². The van der Waals surface area contributed by atoms with Gasteiger partial charge < -0.3 is 18.7 Å². The van der Waals surface area contributed by atoms with Crippen molar-refractivity contribution in [1.82, 2.24) is 4.98 Å². The number of hydrogen-bond donors (Lipinski definition) is 1. The first kappa shape index (κ1) is 29.2. The Labute approximate surface area is 226 Å². The molecule has 0 fully saturated rings. The first-order chi connectivity index (χ1) is 18.0. The number of oxazole rings is 1. The van der Waals surface area contributed by atoms with Crippen molar-refractivity contribution in [2.75, 3.05) is 0 Å². The van der Waals surface area contributed by atoms with Crippen LogP contribution in [0.15, 0.2) is 65.3 Å². The minimum atomic E-state index is -2.08. The number of carbonyl (C=O) groups is 2. The zero-order valence-corrected chi connectivity index (χ0v) is 24.1. The smallest absolute Gasteiger partial charge is 0.360 e. The normalized spacial score (nSPS) is 12.7. The van der Waals surface area contributed by atoms with E-state index in [0.29, 0.717) is 23.0 Å². The van der Waals surface area contributed by atoms with E-state index in [-0.39, 0.29) is 24.6 Å². The van der Waals surface area contributed by atoms with E-state index in [1.807, 2.05) is 54.6 Å². The summed E-state index contributed by atoms with van der Waals surface area (Å²) in [4.78, 5) is 28.3. The number of rotatable bonds is 13. The van der Waals surface area contributed by atoms with Gasteiger partial charge in [0.2, 0.25) is 0 Å². The lowest BCUT2D eigenvalue weighted by molar-refractivity contribution is -0.137. The Morgan fingerprint density at radius 3 is 2.05 bits per heavy atom. The molecule has 38 heavy (non-hydrogen) atoms. The number of aliphatic carboxylic acids is 1. The van der Waals surface area contributed by atoms with Gasteiger partial charge in [0.05, 0.1) is 12.3 Å². The van der Waals surface area contributed by atoms with Gasteiger partial charge in [-0.25, -0.2) is 9.78 Å². The van der Waals surface area contributed by atoms with Gasteiger partial charge in [0.25, 0.3) is 8.32 Å². The highest BCUT2D eigenvalue weighted by Gasteiger charge is 2.47. The van der Waals surface area contributed by atoms with Crippen LogP contribution < -0.4 is 4.43 Å². The molecule has 1 atom stereocenters. The molecule has 0 radical (unpaired) electrons. The maximum absolute atomic E-state index is 12.5. The Bertz CT molecular complexity index is 1170. The number of carboxylic acid groups (broad SMARTS) is 1. The van der Waals surface area contributed by atoms with E-state index >= 15 is 0 Å². The largest absolute Gasteiger partial charge is 0.543 e. The molecule has 0 amide bonds. The maximum atomic E-state index is 12.5. The second kappa shape index (κ2) is 12.9. The molecule has 1 aromatic heterocycles. The number of ether oxygens (including phenoxy) is 1. The summed E-state index contributed by atoms with van der Waals surface area (Å²) in [5, 5.41) is 9.50. The van der Waals surface area contributed by atoms with E-state index in [0.717, 1.165) is 16.9 Å². The van der Waals surface area contributed by atoms with Crippen LogP contribution in [0.2, 0.25) is 16.6 Å². The molecule has 204 valence electrons. The van der Waals surface area contributed by atoms with Gasteiger partial charge in [0, 0.05) is 0 Å². The monoisotopic (exact) mass is 537 g/mol. The molecule has 3 aromatic rings. The fourth-order valence-corrected chi connectivity index (χ4v) is 10.6. The highest BCUT2D eigenvalue weighted by molar-refractivity contribution is 6.78. The van der Waals surface area contributed by atoms with Crippen molar-refractivity contribution in [2.45, 2.75) is 83.5 Å². The summed E-state index contributed by atoms with van der Waals surface area (Å²) in [7, 11) is -2.08. The summed E-state index contributed by atoms with van der Waals surface area (Å²) in [6, 6.07) is 17.2. The minimum Gasteiger partial charge on any atom is -0.543 e. The molecule has 0 spiro atoms. The van der Waals surface area contributed by atoms with Crippen LogP contribution in [-0.2, 0) is 22.6 Å². The summed E-state index contributed by atoms with van der Waals surface area (Å²) in [5.41, 5.74) is 3.19. The lowest BCUT2D eigenvalue weighted by Gasteiger charge is -2.42. The predicted molar refractivity (Wildman–Crippen MR) is 149 cm³/mol. The van der Waals surface area contributed by atoms with E-state index < -0.39 is 26.2 Å². The second-order valence-corrected chi connectivity index (χ2v) is 16.1. The zero-order chi connectivity index (χ0) is 27.9. The number of benzene rings is 2. The van der Waals surface area contributed by atoms with Crippen LogP contribution >= 0.6 is 0 Å². The number of nitrogens with zero attached hydrogens (tertiary/aromatic N) is 1. The van der Waals surface area contributed by atoms with Gasteiger partial charge in [-0.05, 0) is 46.3 Å². The van der Waals surface area contributed by atoms with Gasteiger partial charge in [0.1, 0.15) is 18.6 Å². The van der Waals surface area contributed by atoms with Gasteiger partial charge >= 0.3 is 11.9 Å². The molecule has 0 aliphatic heterocycles. The Hall–Kier alpha value is -3.39. The van der Waals surface area contributed by atoms with Crippen LogP contribution in [-0.4, -0.2) is 30.3 Å². The molecule has 2 aromatic carbocycles. The SMILES string of the molecule is CC(C)[Si](Oc1ccc(CC(CC(=O)O)c2nc(C(=O)OCc3ccccc3)co2)cc1)(C(C)C)C(C)C. The topological polar surface area (TPSA) is 98.9 Å². The van der Waals surface area contributed by atoms with Crippen molar-refractivity contribution < 1.29 is 28.3 Å². The van der Waals surface area contributed by atoms with E-state index in [9.17, 15) is 14.7 Å². The average Bonchev–Trinajstić information content (AvgIpc) is 3.36. The van der Waals surface area contributed by atoms with Crippen molar-refractivity contribution in [3.8, 4) is 5.75 Å². The summed E-state index contributed by atoms with van der Waals surface area (Å²) < 4.78 is 17.6. The first-order valence-corrected chi connectivity index (χ1v) is 15.3. The summed E-state index contributed by atoms with van der Waals surface area (Å²) in [6.07, 6.45) is 1.44. The van der Waals surface area contributed by atoms with Gasteiger partial charge in [-0.1, -0.05) is 84.0 Å². The fourth-order valence-electron chi connectivity index (χ4n) is 5.36. The Morgan fingerprint density at radius 1 is 0.895 bits per heavy atom. The Morgan fingerprint density at radius 2 is 1.50 bits per heavy atom. The molecule has 1 heterocycles. The van der Waals surface area contributed by atoms with Crippen molar-refractivity contribution in [1.29, 1.82) is 0 Å². The minimum absolute atomic E-state index is 0.0208. The summed E-state index contributed by atoms with van der Waals surface area (Å²) in [5.74, 6) is -1.09. The Balaban J connectivity index is 1.72. The summed E-state index contributed by atoms with van der Waals surface area (Å²) >= 11 is 0. The first-order valence-electron chi connectivity index (χ1n) is 13.2. The van der Waals surface area contributed by atoms with Gasteiger partial charge in [-0.2, -0.15) is 0 Å². The molecule has 0 bridgehead atoms. The highest BCUT2D eigenvalue weighted by Crippen LogP contribution is 2.42. The number of carboxylic acids is 1. The second-order valence-electron chi connectivity index (χ2n) is 10.7. The number of esters is 1. The van der Waals surface area contributed by atoms with Crippen LogP contribution in [0, 0.1) is 0 Å². The third kappa shape index (κ3) is 7.13. The number of hydrogen-bond acceptors (Lipinski definition) is 6. The van der Waals surface area contributed by atoms with Crippen molar-refractivity contribution in [2.24, 2.45) is 0 Å². The molecule has 8 heteroatoms. The third-order valence-electron chi connectivity index (χ3n) is 7.12. The molecular weight excluding hydrogens is 498 g/mol. The van der Waals surface area contributed by atoms with Crippen molar-refractivity contribution in [3.63, 3.8) is 0 Å². The van der Waals surface area contributed by atoms with E-state index in [2.05, 4.69) is 46.5 Å². The average molecular weight is 538 g/mol. The highest BCUT2D eigenvalue weighted by atomic mass is 28.4. The van der Waals surface area contributed by atoms with Crippen LogP contribution in [0.3, 0.4) is 0 Å². The van der Waals surface area contributed by atoms with E-state index in [4.69, 9.17) is 13.6 Å². The summed E-state index contributed by atoms with van der Waals surface area (Å²) in [6.45, 7) is 13.6. The van der Waals surface area contributed by atoms with Crippen molar-refractivity contribution >= 4 is 20.3 Å². The molecule has 1 unspecified atom stereocenters. The van der Waals surface area contributed by atoms with Crippen molar-refractivity contribution in [3.05, 3.63) is 83.6 Å². The molecule has 0 saturated carbocycles. The van der Waals surface area contributed by atoms with Gasteiger partial charge in [0.15, 0.2) is 11.6 Å². The van der Waals surface area contributed by atoms with E-state index in [1.54, 1.807) is 0 Å². The lowest BCUT2D eigenvalue weighted by Crippen LogP contribution is -2.50. The molecule has 0 saturated heterocycles. The van der Waals surface area contributed by atoms with E-state index in [1.165, 1.54) is 6.26 Å². The molecule has 0 aliphatic rings. The quantitative estimate of drug-likeness (QED) is 0.179. The third-order valence-corrected chi connectivity index (χ3v) is 13.1. The van der Waals surface area contributed by atoms with Crippen LogP contribution in [0.4, 0.5) is 0 Å².